The second-order valence-electron chi connectivity index (χ2n) is 4.37. The summed E-state index contributed by atoms with van der Waals surface area (Å²) < 4.78 is 5.60. The molecule has 0 saturated heterocycles. The van der Waals surface area contributed by atoms with Crippen LogP contribution in [-0.2, 0) is 18.7 Å². The molecule has 0 bridgehead atoms. The number of rotatable bonds is 2. The minimum atomic E-state index is 0.338. The third-order valence-corrected chi connectivity index (χ3v) is 4.64. The van der Waals surface area contributed by atoms with E-state index in [1.807, 2.05) is 11.3 Å². The molecule has 0 spiro atoms. The number of oxazole rings is 1. The molecule has 2 aromatic rings. The van der Waals surface area contributed by atoms with Gasteiger partial charge in [0.2, 0.25) is 5.89 Å². The van der Waals surface area contributed by atoms with Crippen molar-refractivity contribution in [1.29, 1.82) is 0 Å². The van der Waals surface area contributed by atoms with Crippen LogP contribution in [0.25, 0.3) is 10.6 Å². The first kappa shape index (κ1) is 11.3. The number of thiophene rings is 1. The summed E-state index contributed by atoms with van der Waals surface area (Å²) in [6, 6.07) is 2.27. The highest BCUT2D eigenvalue weighted by molar-refractivity contribution is 7.15. The van der Waals surface area contributed by atoms with Gasteiger partial charge in [0.05, 0.1) is 17.0 Å². The van der Waals surface area contributed by atoms with Crippen molar-refractivity contribution in [3.8, 4) is 10.6 Å². The van der Waals surface area contributed by atoms with Crippen LogP contribution in [0.2, 0.25) is 0 Å². The molecule has 0 atom stereocenters. The number of aromatic nitrogens is 1. The Kier molecular flexibility index (Phi) is 3.21. The lowest BCUT2D eigenvalue weighted by atomic mass is 10.1. The van der Waals surface area contributed by atoms with Gasteiger partial charge in [-0.1, -0.05) is 6.42 Å². The first-order valence-corrected chi connectivity index (χ1v) is 7.34. The molecule has 0 amide bonds. The van der Waals surface area contributed by atoms with Crippen molar-refractivity contribution < 1.29 is 4.42 Å². The highest BCUT2D eigenvalue weighted by Crippen LogP contribution is 2.35. The van der Waals surface area contributed by atoms with E-state index >= 15 is 0 Å². The van der Waals surface area contributed by atoms with Gasteiger partial charge in [0.15, 0.2) is 5.76 Å². The summed E-state index contributed by atoms with van der Waals surface area (Å²) >= 11 is 7.55. The van der Waals surface area contributed by atoms with Crippen LogP contribution in [-0.4, -0.2) is 4.98 Å². The molecule has 2 nitrogen and oxygen atoms in total. The van der Waals surface area contributed by atoms with Gasteiger partial charge in [0.1, 0.15) is 0 Å². The fraction of sp³-hybridized carbons (Fsp3) is 0.462. The molecule has 4 heteroatoms. The highest BCUT2D eigenvalue weighted by atomic mass is 35.5. The molecule has 0 aliphatic heterocycles. The number of fused-ring (bicyclic) bond motifs is 1. The van der Waals surface area contributed by atoms with Gasteiger partial charge in [-0.15, -0.1) is 22.9 Å². The minimum Gasteiger partial charge on any atom is -0.439 e. The predicted octanol–water partition coefficient (Wildman–Crippen LogP) is 4.41. The van der Waals surface area contributed by atoms with Crippen molar-refractivity contribution in [3.63, 3.8) is 0 Å². The maximum absolute atomic E-state index is 5.70. The molecule has 0 saturated carbocycles. The Morgan fingerprint density at radius 1 is 1.29 bits per heavy atom. The molecular formula is C13H14ClNOS. The van der Waals surface area contributed by atoms with Crippen molar-refractivity contribution in [1.82, 2.24) is 4.98 Å². The van der Waals surface area contributed by atoms with Gasteiger partial charge >= 0.3 is 0 Å². The van der Waals surface area contributed by atoms with Crippen LogP contribution < -0.4 is 0 Å². The summed E-state index contributed by atoms with van der Waals surface area (Å²) in [5, 5.41) is 0. The summed E-state index contributed by atoms with van der Waals surface area (Å²) in [6.07, 6.45) is 8.19. The lowest BCUT2D eigenvalue weighted by molar-refractivity contribution is 0.530. The van der Waals surface area contributed by atoms with Crippen LogP contribution in [0.1, 0.15) is 35.6 Å². The Labute approximate surface area is 110 Å². The molecule has 0 unspecified atom stereocenters. The Morgan fingerprint density at radius 2 is 2.18 bits per heavy atom. The van der Waals surface area contributed by atoms with Crippen molar-refractivity contribution in [2.75, 3.05) is 0 Å². The Balaban J connectivity index is 1.93. The third-order valence-electron chi connectivity index (χ3n) is 3.16. The van der Waals surface area contributed by atoms with Crippen LogP contribution in [0, 0.1) is 0 Å². The molecule has 17 heavy (non-hydrogen) atoms. The molecule has 1 aliphatic rings. The van der Waals surface area contributed by atoms with Gasteiger partial charge in [-0.3, -0.25) is 0 Å². The molecular weight excluding hydrogens is 254 g/mol. The van der Waals surface area contributed by atoms with E-state index in [2.05, 4.69) is 11.1 Å². The van der Waals surface area contributed by atoms with E-state index in [-0.39, 0.29) is 0 Å². The standard InChI is InChI=1S/C13H14ClNOS/c14-7-13-15-8-10(16-13)12-6-9-4-2-1-3-5-11(9)17-12/h6,8H,1-5,7H2. The SMILES string of the molecule is ClCc1ncc(-c2cc3c(s2)CCCCC3)o1. The topological polar surface area (TPSA) is 26.0 Å². The van der Waals surface area contributed by atoms with Gasteiger partial charge in [0.25, 0.3) is 0 Å². The Morgan fingerprint density at radius 3 is 3.00 bits per heavy atom. The average Bonchev–Trinajstić information content (AvgIpc) is 2.92. The lowest BCUT2D eigenvalue weighted by Gasteiger charge is -1.92. The monoisotopic (exact) mass is 267 g/mol. The summed E-state index contributed by atoms with van der Waals surface area (Å²) in [6.45, 7) is 0. The van der Waals surface area contributed by atoms with Crippen molar-refractivity contribution in [2.45, 2.75) is 38.0 Å². The minimum absolute atomic E-state index is 0.338. The summed E-state index contributed by atoms with van der Waals surface area (Å²) in [4.78, 5) is 6.87. The number of hydrogen-bond donors (Lipinski definition) is 0. The number of alkyl halides is 1. The fourth-order valence-corrected chi connectivity index (χ4v) is 3.60. The maximum Gasteiger partial charge on any atom is 0.209 e. The van der Waals surface area contributed by atoms with Gasteiger partial charge in [-0.2, -0.15) is 0 Å². The molecule has 2 aromatic heterocycles. The molecule has 0 radical (unpaired) electrons. The van der Waals surface area contributed by atoms with Crippen LogP contribution >= 0.6 is 22.9 Å². The predicted molar refractivity (Wildman–Crippen MR) is 70.6 cm³/mol. The molecule has 0 fully saturated rings. The lowest BCUT2D eigenvalue weighted by Crippen LogP contribution is -1.80. The Hall–Kier alpha value is -0.800. The van der Waals surface area contributed by atoms with Crippen molar-refractivity contribution in [2.24, 2.45) is 0 Å². The maximum atomic E-state index is 5.70. The quantitative estimate of drug-likeness (QED) is 0.595. The van der Waals surface area contributed by atoms with E-state index < -0.39 is 0 Å². The van der Waals surface area contributed by atoms with Crippen LogP contribution in [0.4, 0.5) is 0 Å². The van der Waals surface area contributed by atoms with E-state index in [0.717, 1.165) is 5.76 Å². The zero-order valence-electron chi connectivity index (χ0n) is 9.54. The normalized spacial score (nSPS) is 15.6. The number of halogens is 1. The smallest absolute Gasteiger partial charge is 0.209 e. The van der Waals surface area contributed by atoms with Gasteiger partial charge in [-0.05, 0) is 37.3 Å². The van der Waals surface area contributed by atoms with E-state index in [1.54, 1.807) is 6.20 Å². The van der Waals surface area contributed by atoms with E-state index in [0.29, 0.717) is 11.8 Å². The van der Waals surface area contributed by atoms with E-state index in [9.17, 15) is 0 Å². The zero-order chi connectivity index (χ0) is 11.7. The summed E-state index contributed by atoms with van der Waals surface area (Å²) in [5.41, 5.74) is 1.51. The first-order chi connectivity index (χ1) is 8.36. The molecule has 1 aliphatic carbocycles. The molecule has 0 N–H and O–H groups in total. The summed E-state index contributed by atoms with van der Waals surface area (Å²) in [5.74, 6) is 1.80. The van der Waals surface area contributed by atoms with Crippen LogP contribution in [0.3, 0.4) is 0 Å². The van der Waals surface area contributed by atoms with Gasteiger partial charge in [-0.25, -0.2) is 4.98 Å². The molecule has 0 aromatic carbocycles. The third kappa shape index (κ3) is 2.26. The van der Waals surface area contributed by atoms with Crippen LogP contribution in [0.15, 0.2) is 16.7 Å². The number of nitrogens with zero attached hydrogens (tertiary/aromatic N) is 1. The molecule has 2 heterocycles. The van der Waals surface area contributed by atoms with Gasteiger partial charge < -0.3 is 4.42 Å². The fourth-order valence-electron chi connectivity index (χ4n) is 2.27. The van der Waals surface area contributed by atoms with E-state index in [1.165, 1.54) is 47.4 Å². The second kappa shape index (κ2) is 4.83. The summed E-state index contributed by atoms with van der Waals surface area (Å²) in [7, 11) is 0. The Bertz CT molecular complexity index is 494. The van der Waals surface area contributed by atoms with Crippen molar-refractivity contribution in [3.05, 3.63) is 28.6 Å². The number of hydrogen-bond acceptors (Lipinski definition) is 3. The largest absolute Gasteiger partial charge is 0.439 e. The van der Waals surface area contributed by atoms with Crippen LogP contribution in [0.5, 0.6) is 0 Å². The first-order valence-electron chi connectivity index (χ1n) is 5.99. The number of aryl methyl sites for hydroxylation is 2. The molecule has 90 valence electrons. The van der Waals surface area contributed by atoms with Gasteiger partial charge in [0, 0.05) is 4.88 Å². The average molecular weight is 268 g/mol. The van der Waals surface area contributed by atoms with Crippen molar-refractivity contribution >= 4 is 22.9 Å². The molecule has 3 rings (SSSR count). The zero-order valence-corrected chi connectivity index (χ0v) is 11.1. The second-order valence-corrected chi connectivity index (χ2v) is 5.78. The van der Waals surface area contributed by atoms with E-state index in [4.69, 9.17) is 16.0 Å². The highest BCUT2D eigenvalue weighted by Gasteiger charge is 2.15.